The van der Waals surface area contributed by atoms with Gasteiger partial charge in [-0.1, -0.05) is 20.8 Å². The van der Waals surface area contributed by atoms with Crippen LogP contribution < -0.4 is 0 Å². The molecule has 0 aliphatic heterocycles. The second-order valence-electron chi connectivity index (χ2n) is 2.76. The van der Waals surface area contributed by atoms with Crippen LogP contribution >= 0.6 is 0 Å². The van der Waals surface area contributed by atoms with Gasteiger partial charge in [-0.3, -0.25) is 0 Å². The van der Waals surface area contributed by atoms with Gasteiger partial charge in [-0.15, -0.1) is 0 Å². The number of hydrogen-bond donors (Lipinski definition) is 0. The lowest BCUT2D eigenvalue weighted by atomic mass is 10.5. The van der Waals surface area contributed by atoms with Gasteiger partial charge in [-0.05, 0) is 13.1 Å². The first-order chi connectivity index (χ1) is 5.55. The standard InChI is InChI=1S/C8H19NO2S/c1-4-9(5-2)7-8-12(10,11)6-3/h4-8H2,1-3H3. The average molecular weight is 193 g/mol. The molecule has 0 saturated heterocycles. The van der Waals surface area contributed by atoms with Crippen molar-refractivity contribution < 1.29 is 8.42 Å². The fourth-order valence-corrected chi connectivity index (χ4v) is 1.78. The Hall–Kier alpha value is -0.0900. The molecule has 0 atom stereocenters. The van der Waals surface area contributed by atoms with Crippen LogP contribution in [0.4, 0.5) is 0 Å². The van der Waals surface area contributed by atoms with Crippen molar-refractivity contribution in [1.29, 1.82) is 0 Å². The molecule has 12 heavy (non-hydrogen) atoms. The fourth-order valence-electron chi connectivity index (χ4n) is 0.952. The zero-order valence-corrected chi connectivity index (χ0v) is 9.02. The van der Waals surface area contributed by atoms with E-state index in [4.69, 9.17) is 0 Å². The maximum absolute atomic E-state index is 11.1. The predicted octanol–water partition coefficient (Wildman–Crippen LogP) is 0.763. The molecule has 3 nitrogen and oxygen atoms in total. The van der Waals surface area contributed by atoms with Gasteiger partial charge in [0.1, 0.15) is 0 Å². The summed E-state index contributed by atoms with van der Waals surface area (Å²) in [7, 11) is -2.78. The first-order valence-electron chi connectivity index (χ1n) is 4.48. The number of nitrogens with zero attached hydrogens (tertiary/aromatic N) is 1. The van der Waals surface area contributed by atoms with Crippen molar-refractivity contribution in [2.45, 2.75) is 20.8 Å². The van der Waals surface area contributed by atoms with E-state index in [0.717, 1.165) is 13.1 Å². The van der Waals surface area contributed by atoms with E-state index in [0.29, 0.717) is 12.3 Å². The van der Waals surface area contributed by atoms with Gasteiger partial charge in [0, 0.05) is 12.3 Å². The molecule has 0 aromatic rings. The summed E-state index contributed by atoms with van der Waals surface area (Å²) < 4.78 is 22.2. The minimum atomic E-state index is -2.78. The maximum Gasteiger partial charge on any atom is 0.151 e. The summed E-state index contributed by atoms with van der Waals surface area (Å²) in [5, 5.41) is 0. The third kappa shape index (κ3) is 4.72. The molecule has 0 aromatic heterocycles. The van der Waals surface area contributed by atoms with Gasteiger partial charge in [0.2, 0.25) is 0 Å². The topological polar surface area (TPSA) is 37.4 Å². The smallest absolute Gasteiger partial charge is 0.151 e. The van der Waals surface area contributed by atoms with E-state index in [1.165, 1.54) is 0 Å². The summed E-state index contributed by atoms with van der Waals surface area (Å²) in [6.07, 6.45) is 0. The molecule has 0 aliphatic carbocycles. The Bertz CT molecular complexity index is 195. The number of hydrogen-bond acceptors (Lipinski definition) is 3. The quantitative estimate of drug-likeness (QED) is 0.625. The highest BCUT2D eigenvalue weighted by molar-refractivity contribution is 7.91. The highest BCUT2D eigenvalue weighted by atomic mass is 32.2. The molecule has 0 N–H and O–H groups in total. The molecular weight excluding hydrogens is 174 g/mol. The zero-order chi connectivity index (χ0) is 9.61. The lowest BCUT2D eigenvalue weighted by Gasteiger charge is -2.17. The molecule has 0 fully saturated rings. The van der Waals surface area contributed by atoms with Gasteiger partial charge in [0.25, 0.3) is 0 Å². The number of rotatable bonds is 6. The Morgan fingerprint density at radius 2 is 1.58 bits per heavy atom. The summed E-state index contributed by atoms with van der Waals surface area (Å²) in [6.45, 7) is 8.30. The van der Waals surface area contributed by atoms with E-state index in [1.807, 2.05) is 13.8 Å². The summed E-state index contributed by atoms with van der Waals surface area (Å²) in [4.78, 5) is 2.12. The van der Waals surface area contributed by atoms with E-state index in [2.05, 4.69) is 4.90 Å². The van der Waals surface area contributed by atoms with E-state index >= 15 is 0 Å². The molecule has 0 saturated carbocycles. The van der Waals surface area contributed by atoms with Crippen LogP contribution in [0.25, 0.3) is 0 Å². The lowest BCUT2D eigenvalue weighted by Crippen LogP contribution is -2.29. The summed E-state index contributed by atoms with van der Waals surface area (Å²) >= 11 is 0. The lowest BCUT2D eigenvalue weighted by molar-refractivity contribution is 0.322. The summed E-state index contributed by atoms with van der Waals surface area (Å²) in [5.41, 5.74) is 0. The Morgan fingerprint density at radius 3 is 1.92 bits per heavy atom. The normalized spacial score (nSPS) is 12.3. The SMILES string of the molecule is CCN(CC)CCS(=O)(=O)CC. The van der Waals surface area contributed by atoms with Crippen molar-refractivity contribution in [2.75, 3.05) is 31.1 Å². The third-order valence-electron chi connectivity index (χ3n) is 2.05. The minimum Gasteiger partial charge on any atom is -0.303 e. The van der Waals surface area contributed by atoms with E-state index in [9.17, 15) is 8.42 Å². The minimum absolute atomic E-state index is 0.258. The second-order valence-corrected chi connectivity index (χ2v) is 5.24. The van der Waals surface area contributed by atoms with E-state index in [1.54, 1.807) is 6.92 Å². The Morgan fingerprint density at radius 1 is 1.08 bits per heavy atom. The molecule has 0 radical (unpaired) electrons. The Labute approximate surface area is 75.7 Å². The van der Waals surface area contributed by atoms with Gasteiger partial charge in [-0.2, -0.15) is 0 Å². The molecule has 0 heterocycles. The molecule has 0 bridgehead atoms. The first-order valence-corrected chi connectivity index (χ1v) is 6.30. The van der Waals surface area contributed by atoms with E-state index in [-0.39, 0.29) is 5.75 Å². The fraction of sp³-hybridized carbons (Fsp3) is 1.00. The molecule has 0 aliphatic rings. The van der Waals surface area contributed by atoms with Crippen LogP contribution in [-0.4, -0.2) is 44.5 Å². The Balaban J connectivity index is 3.81. The molecule has 0 unspecified atom stereocenters. The van der Waals surface area contributed by atoms with Gasteiger partial charge in [0.15, 0.2) is 9.84 Å². The molecule has 4 heteroatoms. The van der Waals surface area contributed by atoms with Crippen LogP contribution in [0.3, 0.4) is 0 Å². The van der Waals surface area contributed by atoms with Crippen molar-refractivity contribution in [3.05, 3.63) is 0 Å². The first kappa shape index (κ1) is 11.9. The predicted molar refractivity (Wildman–Crippen MR) is 52.1 cm³/mol. The number of sulfone groups is 1. The largest absolute Gasteiger partial charge is 0.303 e. The molecule has 0 amide bonds. The monoisotopic (exact) mass is 193 g/mol. The highest BCUT2D eigenvalue weighted by Gasteiger charge is 2.08. The van der Waals surface area contributed by atoms with Gasteiger partial charge in [0.05, 0.1) is 5.75 Å². The van der Waals surface area contributed by atoms with Crippen molar-refractivity contribution in [2.24, 2.45) is 0 Å². The van der Waals surface area contributed by atoms with Crippen molar-refractivity contribution >= 4 is 9.84 Å². The van der Waals surface area contributed by atoms with Crippen molar-refractivity contribution in [1.82, 2.24) is 4.90 Å². The van der Waals surface area contributed by atoms with Gasteiger partial charge in [-0.25, -0.2) is 8.42 Å². The summed E-state index contributed by atoms with van der Waals surface area (Å²) in [5.74, 6) is 0.555. The Kier molecular flexibility index (Phi) is 5.50. The molecule has 0 aromatic carbocycles. The third-order valence-corrected chi connectivity index (χ3v) is 3.74. The second kappa shape index (κ2) is 5.54. The van der Waals surface area contributed by atoms with Crippen LogP contribution in [0.15, 0.2) is 0 Å². The maximum atomic E-state index is 11.1. The van der Waals surface area contributed by atoms with Crippen LogP contribution in [0.5, 0.6) is 0 Å². The average Bonchev–Trinajstić information content (AvgIpc) is 2.06. The van der Waals surface area contributed by atoms with E-state index < -0.39 is 9.84 Å². The van der Waals surface area contributed by atoms with Gasteiger partial charge >= 0.3 is 0 Å². The molecular formula is C8H19NO2S. The van der Waals surface area contributed by atoms with Crippen LogP contribution in [0.1, 0.15) is 20.8 Å². The molecule has 0 spiro atoms. The highest BCUT2D eigenvalue weighted by Crippen LogP contribution is 1.93. The van der Waals surface area contributed by atoms with Crippen LogP contribution in [0, 0.1) is 0 Å². The zero-order valence-electron chi connectivity index (χ0n) is 8.21. The van der Waals surface area contributed by atoms with Crippen molar-refractivity contribution in [3.63, 3.8) is 0 Å². The van der Waals surface area contributed by atoms with Crippen LogP contribution in [0.2, 0.25) is 0 Å². The molecule has 74 valence electrons. The summed E-state index contributed by atoms with van der Waals surface area (Å²) in [6, 6.07) is 0. The van der Waals surface area contributed by atoms with Crippen molar-refractivity contribution in [3.8, 4) is 0 Å². The molecule has 0 rings (SSSR count). The van der Waals surface area contributed by atoms with Crippen LogP contribution in [-0.2, 0) is 9.84 Å². The van der Waals surface area contributed by atoms with Gasteiger partial charge < -0.3 is 4.90 Å².